The Balaban J connectivity index is 1.95. The molecule has 0 aromatic heterocycles. The van der Waals surface area contributed by atoms with E-state index in [4.69, 9.17) is 0 Å². The zero-order valence-corrected chi connectivity index (χ0v) is 14.7. The number of nitrogens with one attached hydrogen (secondary N) is 1. The van der Waals surface area contributed by atoms with Crippen LogP contribution in [-0.2, 0) is 12.8 Å². The van der Waals surface area contributed by atoms with Crippen LogP contribution < -0.4 is 5.32 Å². The van der Waals surface area contributed by atoms with Crippen molar-refractivity contribution in [3.8, 4) is 0 Å². The third-order valence-electron chi connectivity index (χ3n) is 5.50. The van der Waals surface area contributed by atoms with E-state index in [9.17, 15) is 0 Å². The largest absolute Gasteiger partial charge is 0.300 e. The summed E-state index contributed by atoms with van der Waals surface area (Å²) in [7, 11) is 0. The topological polar surface area (TPSA) is 12.0 Å². The summed E-state index contributed by atoms with van der Waals surface area (Å²) in [6.45, 7) is 15.7. The van der Waals surface area contributed by atoms with Crippen molar-refractivity contribution in [3.63, 3.8) is 0 Å². The Labute approximate surface area is 135 Å². The summed E-state index contributed by atoms with van der Waals surface area (Å²) in [5, 5.41) is 3.87. The highest BCUT2D eigenvalue weighted by atomic mass is 15.0. The number of rotatable bonds is 4. The molecule has 2 aliphatic rings. The Kier molecular flexibility index (Phi) is 3.60. The lowest BCUT2D eigenvalue weighted by molar-refractivity contribution is 0.328. The van der Waals surface area contributed by atoms with Crippen molar-refractivity contribution in [1.29, 1.82) is 0 Å². The van der Waals surface area contributed by atoms with Crippen molar-refractivity contribution in [3.05, 3.63) is 58.7 Å². The molecule has 0 spiro atoms. The van der Waals surface area contributed by atoms with E-state index in [2.05, 4.69) is 70.8 Å². The number of allylic oxidation sites excluding steroid dienone is 1. The molecule has 1 heterocycles. The lowest BCUT2D eigenvalue weighted by Gasteiger charge is -2.36. The van der Waals surface area contributed by atoms with Gasteiger partial charge in [0.1, 0.15) is 0 Å². The van der Waals surface area contributed by atoms with E-state index in [1.807, 2.05) is 0 Å². The summed E-state index contributed by atoms with van der Waals surface area (Å²) in [6.07, 6.45) is 8.00. The summed E-state index contributed by atoms with van der Waals surface area (Å²) >= 11 is 0. The molecule has 3 rings (SSSR count). The molecule has 2 atom stereocenters. The fourth-order valence-corrected chi connectivity index (χ4v) is 3.79. The molecule has 1 N–H and O–H groups in total. The van der Waals surface area contributed by atoms with Crippen molar-refractivity contribution in [2.75, 3.05) is 0 Å². The summed E-state index contributed by atoms with van der Waals surface area (Å²) in [5.41, 5.74) is 7.56. The predicted molar refractivity (Wildman–Crippen MR) is 95.2 cm³/mol. The molecule has 2 bridgehead atoms. The maximum atomic E-state index is 4.38. The summed E-state index contributed by atoms with van der Waals surface area (Å²) in [6, 6.07) is 4.98. The van der Waals surface area contributed by atoms with Crippen LogP contribution in [0.1, 0.15) is 62.4 Å². The lowest BCUT2D eigenvalue weighted by atomic mass is 9.84. The molecule has 22 heavy (non-hydrogen) atoms. The number of fused-ring (bicyclic) bond motifs is 1. The van der Waals surface area contributed by atoms with Gasteiger partial charge in [-0.1, -0.05) is 57.2 Å². The van der Waals surface area contributed by atoms with Gasteiger partial charge in [-0.3, -0.25) is 0 Å². The van der Waals surface area contributed by atoms with Crippen molar-refractivity contribution < 1.29 is 0 Å². The Morgan fingerprint density at radius 3 is 2.82 bits per heavy atom. The van der Waals surface area contributed by atoms with E-state index in [0.717, 1.165) is 19.3 Å². The third kappa shape index (κ3) is 2.67. The van der Waals surface area contributed by atoms with E-state index in [0.29, 0.717) is 0 Å². The smallest absolute Gasteiger partial charge is 0.0578 e. The molecule has 1 aromatic rings. The number of benzene rings is 1. The predicted octanol–water partition coefficient (Wildman–Crippen LogP) is 5.05. The second kappa shape index (κ2) is 5.09. The van der Waals surface area contributed by atoms with E-state index in [-0.39, 0.29) is 17.0 Å². The van der Waals surface area contributed by atoms with Crippen LogP contribution in [0, 0.1) is 12.3 Å². The first-order valence-corrected chi connectivity index (χ1v) is 8.51. The minimum absolute atomic E-state index is 0.199. The molecule has 2 unspecified atom stereocenters. The van der Waals surface area contributed by atoms with E-state index < -0.39 is 0 Å². The lowest BCUT2D eigenvalue weighted by Crippen LogP contribution is -2.47. The van der Waals surface area contributed by atoms with Crippen LogP contribution in [0.4, 0.5) is 0 Å². The van der Waals surface area contributed by atoms with E-state index in [1.165, 1.54) is 22.3 Å². The standard InChI is InChI=1S/C21H29N/c1-7-20(4,5)9-8-15(3)19-17-11-14(2)10-16-12-21(6,22-19)13-18(16)17/h8-11,19,22H,3,7,12-13H2,1-2,4-6H3/b9-8-. The fourth-order valence-electron chi connectivity index (χ4n) is 3.79. The SMILES string of the molecule is C=C(/C=C\C(C)(C)CC)C1NC2(C)Cc3cc(C)cc1c3C2. The Bertz CT molecular complexity index is 650. The van der Waals surface area contributed by atoms with Gasteiger partial charge in [-0.25, -0.2) is 0 Å². The third-order valence-corrected chi connectivity index (χ3v) is 5.50. The quantitative estimate of drug-likeness (QED) is 0.767. The molecule has 1 aliphatic carbocycles. The minimum atomic E-state index is 0.199. The van der Waals surface area contributed by atoms with Gasteiger partial charge >= 0.3 is 0 Å². The first-order chi connectivity index (χ1) is 10.2. The van der Waals surface area contributed by atoms with Crippen molar-refractivity contribution in [2.24, 2.45) is 5.41 Å². The highest BCUT2D eigenvalue weighted by Gasteiger charge is 2.42. The van der Waals surface area contributed by atoms with E-state index >= 15 is 0 Å². The minimum Gasteiger partial charge on any atom is -0.300 e. The molecule has 118 valence electrons. The van der Waals surface area contributed by atoms with Crippen molar-refractivity contribution >= 4 is 0 Å². The molecule has 1 nitrogen and oxygen atoms in total. The molecule has 0 radical (unpaired) electrons. The second-order valence-electron chi connectivity index (χ2n) is 8.23. The first-order valence-electron chi connectivity index (χ1n) is 8.51. The molecular weight excluding hydrogens is 266 g/mol. The molecule has 0 amide bonds. The average Bonchev–Trinajstić information content (AvgIpc) is 2.75. The maximum absolute atomic E-state index is 4.38. The monoisotopic (exact) mass is 295 g/mol. The molecular formula is C21H29N. The normalized spacial score (nSPS) is 26.7. The molecule has 1 aliphatic heterocycles. The molecule has 1 aromatic carbocycles. The van der Waals surface area contributed by atoms with Crippen molar-refractivity contribution in [1.82, 2.24) is 5.32 Å². The number of aryl methyl sites for hydroxylation is 1. The Hall–Kier alpha value is -1.34. The van der Waals surface area contributed by atoms with E-state index in [1.54, 1.807) is 5.56 Å². The highest BCUT2D eigenvalue weighted by Crippen LogP contribution is 2.43. The Morgan fingerprint density at radius 1 is 1.41 bits per heavy atom. The average molecular weight is 295 g/mol. The molecule has 0 fully saturated rings. The number of hydrogen-bond donors (Lipinski definition) is 1. The summed E-state index contributed by atoms with van der Waals surface area (Å²) in [4.78, 5) is 0. The van der Waals surface area contributed by atoms with Gasteiger partial charge in [-0.05, 0) is 60.8 Å². The summed E-state index contributed by atoms with van der Waals surface area (Å²) in [5.74, 6) is 0. The van der Waals surface area contributed by atoms with Gasteiger partial charge in [-0.15, -0.1) is 0 Å². The van der Waals surface area contributed by atoms with Crippen LogP contribution >= 0.6 is 0 Å². The second-order valence-corrected chi connectivity index (χ2v) is 8.23. The first kappa shape index (κ1) is 15.6. The van der Waals surface area contributed by atoms with Crippen LogP contribution in [0.3, 0.4) is 0 Å². The van der Waals surface area contributed by atoms with Crippen LogP contribution in [0.2, 0.25) is 0 Å². The van der Waals surface area contributed by atoms with Crippen LogP contribution in [0.15, 0.2) is 36.4 Å². The molecule has 1 heteroatoms. The van der Waals surface area contributed by atoms with Crippen molar-refractivity contribution in [2.45, 2.75) is 65.5 Å². The maximum Gasteiger partial charge on any atom is 0.0578 e. The van der Waals surface area contributed by atoms with Crippen LogP contribution in [0.25, 0.3) is 0 Å². The van der Waals surface area contributed by atoms with Gasteiger partial charge in [0.25, 0.3) is 0 Å². The molecule has 0 saturated carbocycles. The van der Waals surface area contributed by atoms with Gasteiger partial charge in [0.2, 0.25) is 0 Å². The zero-order chi connectivity index (χ0) is 16.1. The van der Waals surface area contributed by atoms with Crippen LogP contribution in [-0.4, -0.2) is 5.54 Å². The van der Waals surface area contributed by atoms with Gasteiger partial charge in [0, 0.05) is 5.54 Å². The van der Waals surface area contributed by atoms with Gasteiger partial charge < -0.3 is 5.32 Å². The van der Waals surface area contributed by atoms with Gasteiger partial charge in [-0.2, -0.15) is 0 Å². The van der Waals surface area contributed by atoms with Gasteiger partial charge in [0.15, 0.2) is 0 Å². The van der Waals surface area contributed by atoms with Crippen LogP contribution in [0.5, 0.6) is 0 Å². The highest BCUT2D eigenvalue weighted by molar-refractivity contribution is 5.52. The molecule has 0 saturated heterocycles. The fraction of sp³-hybridized carbons (Fsp3) is 0.524. The number of hydrogen-bond acceptors (Lipinski definition) is 1. The Morgan fingerprint density at radius 2 is 2.14 bits per heavy atom. The van der Waals surface area contributed by atoms with Gasteiger partial charge in [0.05, 0.1) is 6.04 Å². The zero-order valence-electron chi connectivity index (χ0n) is 14.7. The summed E-state index contributed by atoms with van der Waals surface area (Å²) < 4.78 is 0.